The molecule has 11 heteroatoms. The van der Waals surface area contributed by atoms with Crippen LogP contribution in [0.2, 0.25) is 0 Å². The number of nitrogens with zero attached hydrogens (tertiary/aromatic N) is 4. The molecule has 1 aliphatic carbocycles. The highest BCUT2D eigenvalue weighted by atomic mass is 19.4. The van der Waals surface area contributed by atoms with E-state index in [-0.39, 0.29) is 34.2 Å². The highest BCUT2D eigenvalue weighted by molar-refractivity contribution is 6.03. The average molecular weight is 515 g/mol. The van der Waals surface area contributed by atoms with E-state index >= 15 is 0 Å². The predicted molar refractivity (Wildman–Crippen MR) is 126 cm³/mol. The Morgan fingerprint density at radius 1 is 1.11 bits per heavy atom. The molecule has 37 heavy (non-hydrogen) atoms. The highest BCUT2D eigenvalue weighted by Gasteiger charge is 2.40. The number of hydrogen-bond donors (Lipinski definition) is 0. The number of benzene rings is 1. The van der Waals surface area contributed by atoms with E-state index in [1.165, 1.54) is 32.5 Å². The summed E-state index contributed by atoms with van der Waals surface area (Å²) in [5.41, 5.74) is 1.32. The fourth-order valence-corrected chi connectivity index (χ4v) is 5.33. The van der Waals surface area contributed by atoms with Crippen molar-refractivity contribution in [3.8, 4) is 16.9 Å². The van der Waals surface area contributed by atoms with Crippen molar-refractivity contribution >= 4 is 11.9 Å². The Morgan fingerprint density at radius 3 is 2.57 bits per heavy atom. The lowest BCUT2D eigenvalue weighted by atomic mass is 9.85. The van der Waals surface area contributed by atoms with Gasteiger partial charge in [-0.1, -0.05) is 0 Å². The van der Waals surface area contributed by atoms with Gasteiger partial charge >= 0.3 is 12.1 Å². The Morgan fingerprint density at radius 2 is 1.86 bits per heavy atom. The first kappa shape index (κ1) is 24.8. The third-order valence-electron chi connectivity index (χ3n) is 6.99. The van der Waals surface area contributed by atoms with Gasteiger partial charge < -0.3 is 14.4 Å². The van der Waals surface area contributed by atoms with Crippen LogP contribution in [-0.4, -0.2) is 52.3 Å². The Kier molecular flexibility index (Phi) is 6.17. The summed E-state index contributed by atoms with van der Waals surface area (Å²) in [6.45, 7) is 0.305. The van der Waals surface area contributed by atoms with Gasteiger partial charge in [-0.25, -0.2) is 4.79 Å². The Bertz CT molecular complexity index is 1400. The molecule has 0 radical (unpaired) electrons. The van der Waals surface area contributed by atoms with E-state index < -0.39 is 17.8 Å². The minimum Gasteiger partial charge on any atom is -0.495 e. The van der Waals surface area contributed by atoms with Crippen LogP contribution < -0.4 is 4.74 Å². The Hall–Kier alpha value is -3.89. The molecule has 8 nitrogen and oxygen atoms in total. The number of fused-ring (bicyclic) bond motifs is 2. The smallest absolute Gasteiger partial charge is 0.435 e. The van der Waals surface area contributed by atoms with E-state index in [1.807, 2.05) is 6.07 Å². The maximum Gasteiger partial charge on any atom is 0.435 e. The summed E-state index contributed by atoms with van der Waals surface area (Å²) < 4.78 is 52.7. The van der Waals surface area contributed by atoms with Crippen LogP contribution in [0.25, 0.3) is 11.1 Å². The standard InChI is InChI=1S/C26H25F3N4O4/c1-32-13-20(23(31-32)26(27,28)29)17-9-14(25(35)37-3)10-18-16(17)7-8-33(24(18)34)22-6-4-5-21-19(22)11-15(36-2)12-30-21/h9-13,22H,4-8H2,1-3H3. The molecule has 0 N–H and O–H groups in total. The molecule has 194 valence electrons. The van der Waals surface area contributed by atoms with Gasteiger partial charge in [-0.3, -0.25) is 14.5 Å². The van der Waals surface area contributed by atoms with Crippen molar-refractivity contribution in [3.63, 3.8) is 0 Å². The lowest BCUT2D eigenvalue weighted by Gasteiger charge is -2.39. The molecule has 3 heterocycles. The normalized spacial score (nSPS) is 17.3. The number of carbonyl (C=O) groups is 2. The third kappa shape index (κ3) is 4.32. The number of alkyl halides is 3. The first-order valence-electron chi connectivity index (χ1n) is 11.8. The van der Waals surface area contributed by atoms with E-state index in [0.29, 0.717) is 30.7 Å². The van der Waals surface area contributed by atoms with Gasteiger partial charge in [0.1, 0.15) is 5.75 Å². The molecule has 0 fully saturated rings. The molecular weight excluding hydrogens is 489 g/mol. The van der Waals surface area contributed by atoms with Crippen LogP contribution in [0.3, 0.4) is 0 Å². The molecule has 5 rings (SSSR count). The van der Waals surface area contributed by atoms with Gasteiger partial charge in [0.15, 0.2) is 5.69 Å². The SMILES string of the molecule is COC(=O)c1cc2c(c(-c3cn(C)nc3C(F)(F)F)c1)CCN(C1CCCc3ncc(OC)cc31)C2=O. The number of pyridine rings is 1. The summed E-state index contributed by atoms with van der Waals surface area (Å²) >= 11 is 0. The molecule has 1 unspecified atom stereocenters. The first-order chi connectivity index (χ1) is 17.6. The van der Waals surface area contributed by atoms with E-state index in [0.717, 1.165) is 28.8 Å². The second-order valence-corrected chi connectivity index (χ2v) is 9.17. The lowest BCUT2D eigenvalue weighted by Crippen LogP contribution is -2.42. The topological polar surface area (TPSA) is 86.6 Å². The van der Waals surface area contributed by atoms with Gasteiger partial charge in [-0.15, -0.1) is 0 Å². The van der Waals surface area contributed by atoms with Crippen molar-refractivity contribution in [1.29, 1.82) is 0 Å². The van der Waals surface area contributed by atoms with Crippen LogP contribution in [-0.2, 0) is 30.8 Å². The van der Waals surface area contributed by atoms with Gasteiger partial charge in [-0.05, 0) is 60.6 Å². The predicted octanol–water partition coefficient (Wildman–Crippen LogP) is 4.37. The van der Waals surface area contributed by atoms with Crippen molar-refractivity contribution in [3.05, 3.63) is 64.2 Å². The summed E-state index contributed by atoms with van der Waals surface area (Å²) in [5, 5.41) is 3.61. The Balaban J connectivity index is 1.64. The van der Waals surface area contributed by atoms with Crippen LogP contribution in [0.1, 0.15) is 62.1 Å². The molecule has 1 amide bonds. The molecule has 1 atom stereocenters. The zero-order valence-electron chi connectivity index (χ0n) is 20.6. The van der Waals surface area contributed by atoms with Crippen molar-refractivity contribution in [2.75, 3.05) is 20.8 Å². The van der Waals surface area contributed by atoms with E-state index in [4.69, 9.17) is 9.47 Å². The van der Waals surface area contributed by atoms with Crippen LogP contribution in [0.5, 0.6) is 5.75 Å². The van der Waals surface area contributed by atoms with Gasteiger partial charge in [0.2, 0.25) is 0 Å². The van der Waals surface area contributed by atoms with Crippen LogP contribution in [0.15, 0.2) is 30.6 Å². The van der Waals surface area contributed by atoms with Crippen molar-refractivity contribution in [2.24, 2.45) is 7.05 Å². The summed E-state index contributed by atoms with van der Waals surface area (Å²) in [5.74, 6) is -0.517. The van der Waals surface area contributed by atoms with Gasteiger partial charge in [0.05, 0.1) is 32.0 Å². The average Bonchev–Trinajstić information content (AvgIpc) is 3.29. The number of methoxy groups -OCH3 is 2. The Labute approximate surface area is 211 Å². The van der Waals surface area contributed by atoms with Gasteiger partial charge in [0, 0.05) is 36.6 Å². The highest BCUT2D eigenvalue weighted by Crippen LogP contribution is 2.42. The molecule has 2 aliphatic rings. The lowest BCUT2D eigenvalue weighted by molar-refractivity contribution is -0.141. The number of aromatic nitrogens is 3. The first-order valence-corrected chi connectivity index (χ1v) is 11.8. The third-order valence-corrected chi connectivity index (χ3v) is 6.99. The van der Waals surface area contributed by atoms with Crippen molar-refractivity contribution in [2.45, 2.75) is 37.9 Å². The number of ether oxygens (including phenoxy) is 2. The maximum absolute atomic E-state index is 13.9. The summed E-state index contributed by atoms with van der Waals surface area (Å²) in [7, 11) is 4.12. The zero-order valence-corrected chi connectivity index (χ0v) is 20.6. The van der Waals surface area contributed by atoms with Gasteiger partial charge in [0.25, 0.3) is 5.91 Å². The zero-order chi connectivity index (χ0) is 26.5. The second kappa shape index (κ2) is 9.20. The second-order valence-electron chi connectivity index (χ2n) is 9.17. The molecule has 0 saturated heterocycles. The molecule has 1 aromatic carbocycles. The monoisotopic (exact) mass is 514 g/mol. The summed E-state index contributed by atoms with van der Waals surface area (Å²) in [6, 6.07) is 4.39. The number of aryl methyl sites for hydroxylation is 2. The number of carbonyl (C=O) groups excluding carboxylic acids is 2. The van der Waals surface area contributed by atoms with E-state index in [2.05, 4.69) is 10.1 Å². The number of amides is 1. The van der Waals surface area contributed by atoms with Crippen LogP contribution >= 0.6 is 0 Å². The number of halogens is 3. The number of esters is 1. The van der Waals surface area contributed by atoms with Gasteiger partial charge in [-0.2, -0.15) is 18.3 Å². The number of hydrogen-bond acceptors (Lipinski definition) is 6. The van der Waals surface area contributed by atoms with Crippen molar-refractivity contribution in [1.82, 2.24) is 19.7 Å². The molecular formula is C26H25F3N4O4. The summed E-state index contributed by atoms with van der Waals surface area (Å²) in [4.78, 5) is 32.6. The molecule has 1 aliphatic heterocycles. The molecule has 0 saturated carbocycles. The van der Waals surface area contributed by atoms with E-state index in [9.17, 15) is 22.8 Å². The maximum atomic E-state index is 13.9. The molecule has 3 aromatic rings. The van der Waals surface area contributed by atoms with Crippen molar-refractivity contribution < 1.29 is 32.2 Å². The molecule has 2 aromatic heterocycles. The fourth-order valence-electron chi connectivity index (χ4n) is 5.33. The van der Waals surface area contributed by atoms with Crippen LogP contribution in [0, 0.1) is 0 Å². The summed E-state index contributed by atoms with van der Waals surface area (Å²) in [6.07, 6.45) is 0.840. The fraction of sp³-hybridized carbons (Fsp3) is 0.385. The largest absolute Gasteiger partial charge is 0.495 e. The molecule has 0 spiro atoms. The molecule has 0 bridgehead atoms. The van der Waals surface area contributed by atoms with E-state index in [1.54, 1.807) is 18.2 Å². The number of rotatable bonds is 4. The quantitative estimate of drug-likeness (QED) is 0.481. The van der Waals surface area contributed by atoms with Crippen LogP contribution in [0.4, 0.5) is 13.2 Å². The minimum absolute atomic E-state index is 0.00388. The minimum atomic E-state index is -4.71.